The van der Waals surface area contributed by atoms with Gasteiger partial charge in [-0.3, -0.25) is 9.59 Å². The smallest absolute Gasteiger partial charge is 0.243 e. The van der Waals surface area contributed by atoms with Gasteiger partial charge < -0.3 is 25.4 Å². The van der Waals surface area contributed by atoms with Crippen LogP contribution in [0.1, 0.15) is 18.9 Å². The summed E-state index contributed by atoms with van der Waals surface area (Å²) < 4.78 is 10.4. The lowest BCUT2D eigenvalue weighted by atomic mass is 10.1. The Bertz CT molecular complexity index is 791. The molecule has 0 saturated carbocycles. The van der Waals surface area contributed by atoms with Gasteiger partial charge in [0.1, 0.15) is 12.4 Å². The third-order valence-corrected chi connectivity index (χ3v) is 3.98. The molecule has 0 spiro atoms. The van der Waals surface area contributed by atoms with E-state index in [0.29, 0.717) is 31.0 Å². The van der Waals surface area contributed by atoms with E-state index in [4.69, 9.17) is 9.47 Å². The third kappa shape index (κ3) is 6.92. The lowest BCUT2D eigenvalue weighted by Crippen LogP contribution is -2.22. The zero-order valence-electron chi connectivity index (χ0n) is 16.5. The van der Waals surface area contributed by atoms with Gasteiger partial charge in [-0.05, 0) is 48.9 Å². The first-order valence-electron chi connectivity index (χ1n) is 9.18. The molecule has 2 aromatic carbocycles. The van der Waals surface area contributed by atoms with Gasteiger partial charge in [0.15, 0.2) is 0 Å². The van der Waals surface area contributed by atoms with Crippen molar-refractivity contribution in [3.05, 3.63) is 48.0 Å². The van der Waals surface area contributed by atoms with Crippen LogP contribution in [0.4, 0.5) is 17.1 Å². The highest BCUT2D eigenvalue weighted by Gasteiger charge is 2.07. The quantitative estimate of drug-likeness (QED) is 0.546. The lowest BCUT2D eigenvalue weighted by molar-refractivity contribution is -0.116. The van der Waals surface area contributed by atoms with Crippen molar-refractivity contribution in [1.29, 1.82) is 0 Å². The molecule has 7 nitrogen and oxygen atoms in total. The molecule has 150 valence electrons. The Morgan fingerprint density at radius 2 is 1.64 bits per heavy atom. The first-order valence-corrected chi connectivity index (χ1v) is 9.18. The molecule has 2 aromatic rings. The van der Waals surface area contributed by atoms with Crippen molar-refractivity contribution in [3.8, 4) is 5.75 Å². The second-order valence-corrected chi connectivity index (χ2v) is 6.20. The van der Waals surface area contributed by atoms with Gasteiger partial charge in [-0.1, -0.05) is 13.0 Å². The van der Waals surface area contributed by atoms with Crippen LogP contribution in [0, 0.1) is 6.92 Å². The second-order valence-electron chi connectivity index (χ2n) is 6.20. The van der Waals surface area contributed by atoms with Gasteiger partial charge >= 0.3 is 0 Å². The second kappa shape index (κ2) is 10.9. The van der Waals surface area contributed by atoms with Crippen LogP contribution in [-0.2, 0) is 14.3 Å². The number of carbonyl (C=O) groups excluding carboxylic acids is 2. The summed E-state index contributed by atoms with van der Waals surface area (Å²) in [7, 11) is 1.63. The van der Waals surface area contributed by atoms with Crippen LogP contribution in [0.2, 0.25) is 0 Å². The van der Waals surface area contributed by atoms with E-state index in [-0.39, 0.29) is 18.4 Å². The van der Waals surface area contributed by atoms with Crippen molar-refractivity contribution in [3.63, 3.8) is 0 Å². The number of anilines is 3. The third-order valence-electron chi connectivity index (χ3n) is 3.98. The number of methoxy groups -OCH3 is 1. The molecule has 2 rings (SSSR count). The zero-order valence-corrected chi connectivity index (χ0v) is 16.5. The number of aryl methyl sites for hydroxylation is 1. The van der Waals surface area contributed by atoms with E-state index in [0.717, 1.165) is 17.0 Å². The highest BCUT2D eigenvalue weighted by atomic mass is 16.5. The van der Waals surface area contributed by atoms with E-state index in [2.05, 4.69) is 16.0 Å². The Balaban J connectivity index is 1.85. The molecule has 0 heterocycles. The summed E-state index contributed by atoms with van der Waals surface area (Å²) in [5.74, 6) is 0.494. The molecular weight excluding hydrogens is 358 g/mol. The summed E-state index contributed by atoms with van der Waals surface area (Å²) in [4.78, 5) is 23.8. The van der Waals surface area contributed by atoms with Crippen LogP contribution in [0.5, 0.6) is 5.75 Å². The SMILES string of the molecule is CCC(=O)Nc1cc(NC(=O)CNc2ccc(OCCOC)cc2)ccc1C. The maximum Gasteiger partial charge on any atom is 0.243 e. The highest BCUT2D eigenvalue weighted by molar-refractivity contribution is 5.96. The lowest BCUT2D eigenvalue weighted by Gasteiger charge is -2.12. The van der Waals surface area contributed by atoms with Crippen molar-refractivity contribution in [2.24, 2.45) is 0 Å². The van der Waals surface area contributed by atoms with Gasteiger partial charge in [0.25, 0.3) is 0 Å². The fourth-order valence-electron chi connectivity index (χ4n) is 2.37. The number of amides is 2. The summed E-state index contributed by atoms with van der Waals surface area (Å²) in [5, 5.41) is 8.72. The van der Waals surface area contributed by atoms with E-state index < -0.39 is 0 Å². The summed E-state index contributed by atoms with van der Waals surface area (Å²) in [6.45, 7) is 4.84. The molecule has 3 N–H and O–H groups in total. The molecule has 0 atom stereocenters. The normalized spacial score (nSPS) is 10.2. The minimum absolute atomic E-state index is 0.0668. The number of rotatable bonds is 10. The molecule has 7 heteroatoms. The van der Waals surface area contributed by atoms with E-state index in [1.54, 1.807) is 26.2 Å². The Morgan fingerprint density at radius 1 is 0.929 bits per heavy atom. The van der Waals surface area contributed by atoms with Crippen LogP contribution in [0.25, 0.3) is 0 Å². The number of nitrogens with one attached hydrogen (secondary N) is 3. The van der Waals surface area contributed by atoms with Crippen LogP contribution in [0.3, 0.4) is 0 Å². The van der Waals surface area contributed by atoms with Gasteiger partial charge in [-0.2, -0.15) is 0 Å². The first-order chi connectivity index (χ1) is 13.5. The summed E-state index contributed by atoms with van der Waals surface area (Å²) in [6.07, 6.45) is 0.399. The molecule has 0 unspecified atom stereocenters. The molecule has 0 aliphatic rings. The van der Waals surface area contributed by atoms with Crippen molar-refractivity contribution >= 4 is 28.9 Å². The fourth-order valence-corrected chi connectivity index (χ4v) is 2.37. The fraction of sp³-hybridized carbons (Fsp3) is 0.333. The highest BCUT2D eigenvalue weighted by Crippen LogP contribution is 2.21. The first kappa shape index (κ1) is 21.2. The van der Waals surface area contributed by atoms with Gasteiger partial charge in [0.2, 0.25) is 11.8 Å². The van der Waals surface area contributed by atoms with E-state index in [1.165, 1.54) is 0 Å². The van der Waals surface area contributed by atoms with Crippen LogP contribution in [0.15, 0.2) is 42.5 Å². The zero-order chi connectivity index (χ0) is 20.4. The molecule has 0 bridgehead atoms. The maximum absolute atomic E-state index is 12.2. The van der Waals surface area contributed by atoms with E-state index >= 15 is 0 Å². The average Bonchev–Trinajstić information content (AvgIpc) is 2.70. The van der Waals surface area contributed by atoms with Gasteiger partial charge in [0.05, 0.1) is 13.2 Å². The van der Waals surface area contributed by atoms with Crippen LogP contribution < -0.4 is 20.7 Å². The molecular formula is C21H27N3O4. The topological polar surface area (TPSA) is 88.7 Å². The van der Waals surface area contributed by atoms with Crippen molar-refractivity contribution in [1.82, 2.24) is 0 Å². The maximum atomic E-state index is 12.2. The van der Waals surface area contributed by atoms with Gasteiger partial charge in [-0.15, -0.1) is 0 Å². The predicted molar refractivity (Wildman–Crippen MR) is 111 cm³/mol. The number of ether oxygens (including phenoxy) is 2. The monoisotopic (exact) mass is 385 g/mol. The van der Waals surface area contributed by atoms with Crippen molar-refractivity contribution in [2.45, 2.75) is 20.3 Å². The van der Waals surface area contributed by atoms with Crippen molar-refractivity contribution in [2.75, 3.05) is 42.8 Å². The molecule has 0 aliphatic carbocycles. The number of carbonyl (C=O) groups is 2. The van der Waals surface area contributed by atoms with Gasteiger partial charge in [0, 0.05) is 30.6 Å². The summed E-state index contributed by atoms with van der Waals surface area (Å²) >= 11 is 0. The average molecular weight is 385 g/mol. The number of hydrogen-bond acceptors (Lipinski definition) is 5. The molecule has 0 aromatic heterocycles. The summed E-state index contributed by atoms with van der Waals surface area (Å²) in [6, 6.07) is 12.8. The van der Waals surface area contributed by atoms with Crippen LogP contribution in [-0.4, -0.2) is 38.7 Å². The predicted octanol–water partition coefficient (Wildman–Crippen LogP) is 3.42. The largest absolute Gasteiger partial charge is 0.491 e. The number of hydrogen-bond donors (Lipinski definition) is 3. The molecule has 0 saturated heterocycles. The van der Waals surface area contributed by atoms with E-state index in [1.807, 2.05) is 37.3 Å². The summed E-state index contributed by atoms with van der Waals surface area (Å²) in [5.41, 5.74) is 3.08. The minimum atomic E-state index is -0.183. The Hall–Kier alpha value is -3.06. The minimum Gasteiger partial charge on any atom is -0.491 e. The van der Waals surface area contributed by atoms with E-state index in [9.17, 15) is 9.59 Å². The molecule has 0 radical (unpaired) electrons. The van der Waals surface area contributed by atoms with Crippen molar-refractivity contribution < 1.29 is 19.1 Å². The Kier molecular flexibility index (Phi) is 8.30. The van der Waals surface area contributed by atoms with Gasteiger partial charge in [-0.25, -0.2) is 0 Å². The number of benzene rings is 2. The standard InChI is InChI=1S/C21H27N3O4/c1-4-20(25)24-19-13-17(6-5-15(19)2)23-21(26)14-22-16-7-9-18(10-8-16)28-12-11-27-3/h5-10,13,22H,4,11-12,14H2,1-3H3,(H,23,26)(H,24,25). The molecule has 2 amide bonds. The Morgan fingerprint density at radius 3 is 2.32 bits per heavy atom. The molecule has 28 heavy (non-hydrogen) atoms. The Labute approximate surface area is 165 Å². The molecule has 0 fully saturated rings. The van der Waals surface area contributed by atoms with Crippen LogP contribution >= 0.6 is 0 Å². The molecule has 0 aliphatic heterocycles.